The van der Waals surface area contributed by atoms with E-state index in [0.29, 0.717) is 0 Å². The number of benzene rings is 9. The molecule has 9 rings (SSSR count). The highest BCUT2D eigenvalue weighted by molar-refractivity contribution is 7.50. The fourth-order valence-corrected chi connectivity index (χ4v) is 8.83. The molecule has 0 radical (unpaired) electrons. The summed E-state index contributed by atoms with van der Waals surface area (Å²) in [6.45, 7) is 0. The van der Waals surface area contributed by atoms with Crippen molar-refractivity contribution in [1.29, 1.82) is 0 Å². The van der Waals surface area contributed by atoms with E-state index in [9.17, 15) is 9.13 Å². The lowest BCUT2D eigenvalue weighted by Gasteiger charge is -2.21. The summed E-state index contributed by atoms with van der Waals surface area (Å²) < 4.78 is 65.8. The van der Waals surface area contributed by atoms with E-state index in [0.717, 1.165) is 43.1 Å². The molecule has 0 aliphatic rings. The molecule has 0 N–H and O–H groups in total. The average Bonchev–Trinajstić information content (AvgIpc) is 3.20. The molecule has 0 aliphatic carbocycles. The molecule has 9 aromatic rings. The summed E-state index contributed by atoms with van der Waals surface area (Å²) in [6.07, 6.45) is 0. The molecule has 10 heteroatoms. The van der Waals surface area contributed by atoms with Gasteiger partial charge in [-0.15, -0.1) is 0 Å². The Balaban J connectivity index is 1.04. The third-order valence-electron chi connectivity index (χ3n) is 8.99. The molecule has 0 fully saturated rings. The van der Waals surface area contributed by atoms with Crippen LogP contribution in [0.5, 0.6) is 34.5 Å². The standard InChI is InChI=1S/C46H32O8P2/c47-55(51-43-24-20-33-10-1-5-14-37(33)28-43,52-44-25-21-34-11-2-6-15-38(34)29-44)49-41-18-9-19-42(32-41)50-56(48,53-45-26-22-35-12-3-7-16-39(35)30-45)54-46-27-23-36-13-4-8-17-40(36)31-46/h1-32H. The van der Waals surface area contributed by atoms with E-state index in [1.165, 1.54) is 6.07 Å². The van der Waals surface area contributed by atoms with Gasteiger partial charge >= 0.3 is 15.6 Å². The highest BCUT2D eigenvalue weighted by Gasteiger charge is 2.36. The maximum absolute atomic E-state index is 14.7. The second-order valence-electron chi connectivity index (χ2n) is 13.0. The molecule has 0 heterocycles. The van der Waals surface area contributed by atoms with Gasteiger partial charge in [0.25, 0.3) is 0 Å². The van der Waals surface area contributed by atoms with Crippen molar-refractivity contribution >= 4 is 58.7 Å². The van der Waals surface area contributed by atoms with E-state index in [1.807, 2.05) is 121 Å². The lowest BCUT2D eigenvalue weighted by molar-refractivity contribution is 0.295. The zero-order chi connectivity index (χ0) is 38.0. The third-order valence-corrected chi connectivity index (χ3v) is 11.6. The quantitative estimate of drug-likeness (QED) is 0.113. The Hall–Kier alpha value is -6.72. The van der Waals surface area contributed by atoms with E-state index in [1.54, 1.807) is 66.7 Å². The molecule has 0 amide bonds. The van der Waals surface area contributed by atoms with Gasteiger partial charge in [-0.2, -0.15) is 9.13 Å². The zero-order valence-corrected chi connectivity index (χ0v) is 31.4. The van der Waals surface area contributed by atoms with E-state index >= 15 is 0 Å². The summed E-state index contributed by atoms with van der Waals surface area (Å²) in [4.78, 5) is 0. The van der Waals surface area contributed by atoms with Crippen molar-refractivity contribution in [2.45, 2.75) is 0 Å². The molecule has 274 valence electrons. The van der Waals surface area contributed by atoms with Crippen molar-refractivity contribution in [1.82, 2.24) is 0 Å². The molecule has 0 unspecified atom stereocenters. The molecule has 0 spiro atoms. The fourth-order valence-electron chi connectivity index (χ4n) is 6.37. The first-order chi connectivity index (χ1) is 27.3. The SMILES string of the molecule is O=P(Oc1cccc(OP(=O)(Oc2ccc3ccccc3c2)Oc2ccc3ccccc3c2)c1)(Oc1ccc2ccccc2c1)Oc1ccc2ccccc2c1. The van der Waals surface area contributed by atoms with Crippen molar-refractivity contribution in [3.05, 3.63) is 194 Å². The second-order valence-corrected chi connectivity index (χ2v) is 15.8. The van der Waals surface area contributed by atoms with Crippen LogP contribution in [-0.4, -0.2) is 0 Å². The Kier molecular flexibility index (Phi) is 9.28. The Morgan fingerprint density at radius 3 is 0.732 bits per heavy atom. The van der Waals surface area contributed by atoms with Crippen LogP contribution in [0.4, 0.5) is 0 Å². The van der Waals surface area contributed by atoms with Crippen LogP contribution in [-0.2, 0) is 9.13 Å². The summed E-state index contributed by atoms with van der Waals surface area (Å²) in [7, 11) is -8.91. The maximum atomic E-state index is 14.7. The number of phosphoric acid groups is 2. The molecule has 0 saturated carbocycles. The summed E-state index contributed by atoms with van der Waals surface area (Å²) >= 11 is 0. The van der Waals surface area contributed by atoms with Gasteiger partial charge in [-0.3, -0.25) is 0 Å². The van der Waals surface area contributed by atoms with Crippen LogP contribution in [0.3, 0.4) is 0 Å². The molecule has 0 atom stereocenters. The normalized spacial score (nSPS) is 11.7. The molecule has 8 nitrogen and oxygen atoms in total. The first kappa shape index (κ1) is 35.0. The highest BCUT2D eigenvalue weighted by atomic mass is 31.2. The third kappa shape index (κ3) is 7.89. The number of hydrogen-bond acceptors (Lipinski definition) is 8. The molecule has 0 saturated heterocycles. The summed E-state index contributed by atoms with van der Waals surface area (Å²) in [5.41, 5.74) is 0. The van der Waals surface area contributed by atoms with E-state index in [-0.39, 0.29) is 34.5 Å². The number of fused-ring (bicyclic) bond motifs is 4. The lowest BCUT2D eigenvalue weighted by atomic mass is 10.1. The fraction of sp³-hybridized carbons (Fsp3) is 0. The predicted molar refractivity (Wildman–Crippen MR) is 221 cm³/mol. The molecular formula is C46H32O8P2. The summed E-state index contributed by atoms with van der Waals surface area (Å²) in [6, 6.07) is 58.4. The van der Waals surface area contributed by atoms with Crippen molar-refractivity contribution in [2.24, 2.45) is 0 Å². The van der Waals surface area contributed by atoms with Gasteiger partial charge in [-0.1, -0.05) is 127 Å². The predicted octanol–water partition coefficient (Wildman–Crippen LogP) is 13.6. The molecular weight excluding hydrogens is 742 g/mol. The van der Waals surface area contributed by atoms with Crippen LogP contribution < -0.4 is 27.1 Å². The maximum Gasteiger partial charge on any atom is 0.647 e. The van der Waals surface area contributed by atoms with Gasteiger partial charge < -0.3 is 27.1 Å². The van der Waals surface area contributed by atoms with Gasteiger partial charge in [0.05, 0.1) is 0 Å². The smallest absolute Gasteiger partial charge is 0.386 e. The van der Waals surface area contributed by atoms with Crippen molar-refractivity contribution in [3.63, 3.8) is 0 Å². The first-order valence-electron chi connectivity index (χ1n) is 17.8. The topological polar surface area (TPSA) is 89.5 Å². The second kappa shape index (κ2) is 14.8. The number of hydrogen-bond donors (Lipinski definition) is 0. The van der Waals surface area contributed by atoms with Crippen LogP contribution in [0.1, 0.15) is 0 Å². The van der Waals surface area contributed by atoms with Gasteiger partial charge in [0.1, 0.15) is 34.5 Å². The minimum Gasteiger partial charge on any atom is -0.386 e. The van der Waals surface area contributed by atoms with Crippen LogP contribution >= 0.6 is 15.6 Å². The summed E-state index contributed by atoms with van der Waals surface area (Å²) in [5, 5.41) is 7.46. The minimum atomic E-state index is -4.46. The van der Waals surface area contributed by atoms with E-state index in [4.69, 9.17) is 27.1 Å². The van der Waals surface area contributed by atoms with Gasteiger partial charge in [0.15, 0.2) is 0 Å². The van der Waals surface area contributed by atoms with Crippen LogP contribution in [0.2, 0.25) is 0 Å². The molecule has 0 aliphatic heterocycles. The van der Waals surface area contributed by atoms with Gasteiger partial charge in [-0.25, -0.2) is 0 Å². The van der Waals surface area contributed by atoms with Crippen LogP contribution in [0.25, 0.3) is 43.1 Å². The summed E-state index contributed by atoms with van der Waals surface area (Å²) in [5.74, 6) is 1.20. The van der Waals surface area contributed by atoms with Crippen LogP contribution in [0.15, 0.2) is 194 Å². The number of rotatable bonds is 12. The highest BCUT2D eigenvalue weighted by Crippen LogP contribution is 2.53. The van der Waals surface area contributed by atoms with Crippen molar-refractivity contribution in [3.8, 4) is 34.5 Å². The average molecular weight is 775 g/mol. The Morgan fingerprint density at radius 2 is 0.464 bits per heavy atom. The Labute approximate surface area is 322 Å². The molecule has 0 aromatic heterocycles. The molecule has 9 aromatic carbocycles. The monoisotopic (exact) mass is 774 g/mol. The largest absolute Gasteiger partial charge is 0.647 e. The van der Waals surface area contributed by atoms with Crippen molar-refractivity contribution < 1.29 is 36.3 Å². The number of phosphoric ester groups is 2. The Morgan fingerprint density at radius 1 is 0.232 bits per heavy atom. The lowest BCUT2D eigenvalue weighted by Crippen LogP contribution is -2.09. The zero-order valence-electron chi connectivity index (χ0n) is 29.6. The first-order valence-corrected chi connectivity index (χ1v) is 20.7. The van der Waals surface area contributed by atoms with Crippen molar-refractivity contribution in [2.75, 3.05) is 0 Å². The molecule has 0 bridgehead atoms. The van der Waals surface area contributed by atoms with E-state index < -0.39 is 15.6 Å². The Bertz CT molecular complexity index is 2620. The van der Waals surface area contributed by atoms with E-state index in [2.05, 4.69) is 0 Å². The van der Waals surface area contributed by atoms with Gasteiger partial charge in [0.2, 0.25) is 0 Å². The minimum absolute atomic E-state index is 0.0513. The van der Waals surface area contributed by atoms with Crippen LogP contribution in [0, 0.1) is 0 Å². The van der Waals surface area contributed by atoms with Gasteiger partial charge in [0, 0.05) is 6.07 Å². The van der Waals surface area contributed by atoms with Gasteiger partial charge in [-0.05, 0) is 104 Å². The molecule has 56 heavy (non-hydrogen) atoms.